The van der Waals surface area contributed by atoms with Crippen molar-refractivity contribution in [3.8, 4) is 0 Å². The van der Waals surface area contributed by atoms with Crippen LogP contribution in [-0.4, -0.2) is 21.9 Å². The van der Waals surface area contributed by atoms with Crippen LogP contribution in [0.1, 0.15) is 80.8 Å². The van der Waals surface area contributed by atoms with Crippen LogP contribution in [0, 0.1) is 5.82 Å². The summed E-state index contributed by atoms with van der Waals surface area (Å²) in [6.07, 6.45) is 9.62. The fraction of sp³-hybridized carbons (Fsp3) is 0.440. The molecule has 164 valence electrons. The van der Waals surface area contributed by atoms with Crippen LogP contribution in [-0.2, 0) is 0 Å². The molecule has 1 amide bonds. The second-order valence-corrected chi connectivity index (χ2v) is 8.49. The Hall–Kier alpha value is -2.89. The topological polar surface area (TPSA) is 69.8 Å². The lowest BCUT2D eigenvalue weighted by molar-refractivity contribution is 0.102. The van der Waals surface area contributed by atoms with Crippen LogP contribution in [0.3, 0.4) is 0 Å². The molecule has 0 aliphatic heterocycles. The monoisotopic (exact) mass is 422 g/mol. The van der Waals surface area contributed by atoms with Crippen LogP contribution in [0.5, 0.6) is 0 Å². The number of nitrogens with zero attached hydrogens (tertiary/aromatic N) is 1. The van der Waals surface area contributed by atoms with Crippen LogP contribution < -0.4 is 10.6 Å². The number of carbonyl (C=O) groups excluding carboxylic acids is 1. The first-order valence-corrected chi connectivity index (χ1v) is 11.4. The zero-order valence-corrected chi connectivity index (χ0v) is 18.3. The van der Waals surface area contributed by atoms with E-state index in [1.165, 1.54) is 31.4 Å². The van der Waals surface area contributed by atoms with E-state index in [0.29, 0.717) is 23.2 Å². The summed E-state index contributed by atoms with van der Waals surface area (Å²) in [5.74, 6) is -0.139. The third-order valence-electron chi connectivity index (χ3n) is 6.40. The lowest BCUT2D eigenvalue weighted by Gasteiger charge is -2.25. The Kier molecular flexibility index (Phi) is 6.54. The minimum atomic E-state index is -0.331. The molecule has 0 spiro atoms. The first-order chi connectivity index (χ1) is 15.1. The first kappa shape index (κ1) is 21.3. The first-order valence-electron chi connectivity index (χ1n) is 11.4. The molecule has 0 radical (unpaired) electrons. The van der Waals surface area contributed by atoms with Gasteiger partial charge in [-0.05, 0) is 61.9 Å². The standard InChI is InChI=1S/C25H31FN4O/c1-3-16(4-2)22-14-20-23(28-18-8-6-5-7-9-18)21(15-27-24(20)30-22)25(31)29-19-12-10-17(26)11-13-19/h10-16,18H,3-9H2,1-2H3,(H,29,31)(H2,27,28,30). The van der Waals surface area contributed by atoms with Gasteiger partial charge < -0.3 is 15.6 Å². The van der Waals surface area contributed by atoms with Crippen LogP contribution in [0.25, 0.3) is 11.0 Å². The molecule has 0 bridgehead atoms. The minimum absolute atomic E-state index is 0.246. The number of aromatic amines is 1. The second-order valence-electron chi connectivity index (χ2n) is 8.49. The average Bonchev–Trinajstić information content (AvgIpc) is 3.21. The number of benzene rings is 1. The third kappa shape index (κ3) is 4.73. The number of carbonyl (C=O) groups is 1. The highest BCUT2D eigenvalue weighted by molar-refractivity contribution is 6.12. The number of nitrogens with one attached hydrogen (secondary N) is 3. The predicted molar refractivity (Wildman–Crippen MR) is 124 cm³/mol. The van der Waals surface area contributed by atoms with E-state index >= 15 is 0 Å². The molecule has 1 aromatic carbocycles. The molecule has 3 N–H and O–H groups in total. The molecule has 2 aromatic heterocycles. The van der Waals surface area contributed by atoms with E-state index in [4.69, 9.17) is 0 Å². The van der Waals surface area contributed by atoms with Gasteiger partial charge >= 0.3 is 0 Å². The SMILES string of the molecule is CCC(CC)c1cc2c(NC3CCCCC3)c(C(=O)Nc3ccc(F)cc3)cnc2[nH]1. The highest BCUT2D eigenvalue weighted by atomic mass is 19.1. The number of halogens is 1. The normalized spacial score (nSPS) is 14.8. The Morgan fingerprint density at radius 1 is 1.16 bits per heavy atom. The van der Waals surface area contributed by atoms with Gasteiger partial charge in [0.15, 0.2) is 0 Å². The van der Waals surface area contributed by atoms with Gasteiger partial charge in [0.05, 0.1) is 11.3 Å². The molecule has 2 heterocycles. The van der Waals surface area contributed by atoms with Gasteiger partial charge in [-0.3, -0.25) is 4.79 Å². The quantitative estimate of drug-likeness (QED) is 0.402. The van der Waals surface area contributed by atoms with Gasteiger partial charge in [-0.15, -0.1) is 0 Å². The maximum absolute atomic E-state index is 13.2. The molecular formula is C25H31FN4O. The number of amides is 1. The Morgan fingerprint density at radius 3 is 2.55 bits per heavy atom. The van der Waals surface area contributed by atoms with E-state index in [1.54, 1.807) is 18.3 Å². The molecule has 1 saturated carbocycles. The van der Waals surface area contributed by atoms with E-state index in [2.05, 4.69) is 40.5 Å². The Morgan fingerprint density at radius 2 is 1.87 bits per heavy atom. The fourth-order valence-electron chi connectivity index (χ4n) is 4.55. The smallest absolute Gasteiger partial charge is 0.259 e. The molecule has 4 rings (SSSR count). The number of fused-ring (bicyclic) bond motifs is 1. The molecule has 1 aliphatic rings. The molecule has 31 heavy (non-hydrogen) atoms. The summed E-state index contributed by atoms with van der Waals surface area (Å²) in [6.45, 7) is 4.38. The average molecular weight is 423 g/mol. The van der Waals surface area contributed by atoms with Crippen molar-refractivity contribution < 1.29 is 9.18 Å². The molecule has 3 aromatic rings. The Balaban J connectivity index is 1.72. The lowest BCUT2D eigenvalue weighted by Crippen LogP contribution is -2.24. The van der Waals surface area contributed by atoms with Crippen molar-refractivity contribution >= 4 is 28.3 Å². The fourth-order valence-corrected chi connectivity index (χ4v) is 4.55. The number of aromatic nitrogens is 2. The highest BCUT2D eigenvalue weighted by Gasteiger charge is 2.22. The van der Waals surface area contributed by atoms with E-state index in [1.807, 2.05) is 0 Å². The predicted octanol–water partition coefficient (Wildman–Crippen LogP) is 6.60. The maximum atomic E-state index is 13.2. The molecule has 0 unspecified atom stereocenters. The summed E-state index contributed by atoms with van der Waals surface area (Å²) in [7, 11) is 0. The van der Waals surface area contributed by atoms with Crippen LogP contribution >= 0.6 is 0 Å². The van der Waals surface area contributed by atoms with Gasteiger partial charge in [0, 0.05) is 29.0 Å². The van der Waals surface area contributed by atoms with Crippen molar-refractivity contribution in [1.29, 1.82) is 0 Å². The van der Waals surface area contributed by atoms with Gasteiger partial charge in [-0.1, -0.05) is 33.1 Å². The number of H-pyrrole nitrogens is 1. The van der Waals surface area contributed by atoms with Crippen molar-refractivity contribution in [1.82, 2.24) is 9.97 Å². The Labute approximate surface area is 182 Å². The van der Waals surface area contributed by atoms with Crippen molar-refractivity contribution in [3.63, 3.8) is 0 Å². The molecule has 5 nitrogen and oxygen atoms in total. The summed E-state index contributed by atoms with van der Waals surface area (Å²) in [5.41, 5.74) is 3.87. The van der Waals surface area contributed by atoms with Crippen molar-refractivity contribution in [2.45, 2.75) is 70.8 Å². The zero-order valence-electron chi connectivity index (χ0n) is 18.3. The van der Waals surface area contributed by atoms with Gasteiger partial charge in [-0.25, -0.2) is 9.37 Å². The molecule has 0 atom stereocenters. The summed E-state index contributed by atoms with van der Waals surface area (Å²) < 4.78 is 13.2. The minimum Gasteiger partial charge on any atom is -0.381 e. The Bertz CT molecular complexity index is 1030. The molecular weight excluding hydrogens is 391 g/mol. The zero-order chi connectivity index (χ0) is 21.8. The maximum Gasteiger partial charge on any atom is 0.259 e. The number of hydrogen-bond donors (Lipinski definition) is 3. The van der Waals surface area contributed by atoms with Gasteiger partial charge in [0.1, 0.15) is 11.5 Å². The third-order valence-corrected chi connectivity index (χ3v) is 6.40. The number of rotatable bonds is 7. The second kappa shape index (κ2) is 9.50. The van der Waals surface area contributed by atoms with Crippen LogP contribution in [0.2, 0.25) is 0 Å². The van der Waals surface area contributed by atoms with E-state index in [9.17, 15) is 9.18 Å². The van der Waals surface area contributed by atoms with Crippen molar-refractivity contribution in [2.24, 2.45) is 0 Å². The molecule has 1 fully saturated rings. The number of hydrogen-bond acceptors (Lipinski definition) is 3. The number of anilines is 2. The van der Waals surface area contributed by atoms with Crippen LogP contribution in [0.15, 0.2) is 36.5 Å². The lowest BCUT2D eigenvalue weighted by atomic mass is 9.94. The van der Waals surface area contributed by atoms with Crippen molar-refractivity contribution in [2.75, 3.05) is 10.6 Å². The molecule has 6 heteroatoms. The van der Waals surface area contributed by atoms with Gasteiger partial charge in [0.25, 0.3) is 5.91 Å². The summed E-state index contributed by atoms with van der Waals surface area (Å²) >= 11 is 0. The highest BCUT2D eigenvalue weighted by Crippen LogP contribution is 2.33. The van der Waals surface area contributed by atoms with E-state index < -0.39 is 0 Å². The summed E-state index contributed by atoms with van der Waals surface area (Å²) in [5, 5.41) is 7.52. The number of pyridine rings is 1. The van der Waals surface area contributed by atoms with E-state index in [0.717, 1.165) is 48.1 Å². The van der Waals surface area contributed by atoms with Crippen molar-refractivity contribution in [3.05, 3.63) is 53.6 Å². The molecule has 0 saturated heterocycles. The van der Waals surface area contributed by atoms with Gasteiger partial charge in [-0.2, -0.15) is 0 Å². The summed E-state index contributed by atoms with van der Waals surface area (Å²) in [4.78, 5) is 21.2. The summed E-state index contributed by atoms with van der Waals surface area (Å²) in [6, 6.07) is 8.31. The van der Waals surface area contributed by atoms with E-state index in [-0.39, 0.29) is 11.7 Å². The van der Waals surface area contributed by atoms with Gasteiger partial charge in [0.2, 0.25) is 0 Å². The largest absolute Gasteiger partial charge is 0.381 e. The van der Waals surface area contributed by atoms with Crippen LogP contribution in [0.4, 0.5) is 15.8 Å². The molecule has 1 aliphatic carbocycles.